The predicted octanol–water partition coefficient (Wildman–Crippen LogP) is 4.16. The first-order valence-electron chi connectivity index (χ1n) is 9.14. The number of esters is 2. The molecule has 0 aromatic heterocycles. The predicted molar refractivity (Wildman–Crippen MR) is 112 cm³/mol. The van der Waals surface area contributed by atoms with Gasteiger partial charge in [0.25, 0.3) is 5.69 Å². The smallest absolute Gasteiger partial charge is 0.363 e. The first-order valence-corrected chi connectivity index (χ1v) is 9.14. The monoisotopic (exact) mass is 414 g/mol. The van der Waals surface area contributed by atoms with Crippen LogP contribution in [0, 0.1) is 10.1 Å². The Kier molecular flexibility index (Phi) is 5.35. The fraction of sp³-hybridized carbons (Fsp3) is 0. The number of aliphatic imine (C=N–C) groups is 1. The van der Waals surface area contributed by atoms with Crippen molar-refractivity contribution in [2.45, 2.75) is 0 Å². The van der Waals surface area contributed by atoms with Gasteiger partial charge in [-0.25, -0.2) is 14.6 Å². The second-order valence-electron chi connectivity index (χ2n) is 6.46. The largest absolute Gasteiger partial charge is 0.423 e. The first-order chi connectivity index (χ1) is 15.0. The SMILES string of the molecule is O=C1OC(c2ccccc2)=N/C1=C\c1ccc(OC(=O)c2ccc([N+](=O)[O-])cc2)cc1. The van der Waals surface area contributed by atoms with Gasteiger partial charge in [0.2, 0.25) is 5.90 Å². The molecule has 0 aliphatic carbocycles. The normalized spacial score (nSPS) is 14.1. The maximum absolute atomic E-state index is 12.2. The third kappa shape index (κ3) is 4.54. The zero-order chi connectivity index (χ0) is 21.8. The van der Waals surface area contributed by atoms with Crippen LogP contribution in [-0.4, -0.2) is 22.8 Å². The number of carbonyl (C=O) groups is 2. The molecular weight excluding hydrogens is 400 g/mol. The molecule has 0 N–H and O–H groups in total. The molecule has 0 radical (unpaired) electrons. The topological polar surface area (TPSA) is 108 Å². The van der Waals surface area contributed by atoms with E-state index in [0.29, 0.717) is 11.1 Å². The summed E-state index contributed by atoms with van der Waals surface area (Å²) in [5, 5.41) is 10.7. The molecule has 152 valence electrons. The Morgan fingerprint density at radius 2 is 1.65 bits per heavy atom. The van der Waals surface area contributed by atoms with Gasteiger partial charge in [-0.1, -0.05) is 30.3 Å². The Bertz CT molecular complexity index is 1210. The van der Waals surface area contributed by atoms with E-state index in [1.807, 2.05) is 18.2 Å². The summed E-state index contributed by atoms with van der Waals surface area (Å²) >= 11 is 0. The average Bonchev–Trinajstić information content (AvgIpc) is 3.16. The van der Waals surface area contributed by atoms with Gasteiger partial charge in [-0.2, -0.15) is 0 Å². The summed E-state index contributed by atoms with van der Waals surface area (Å²) in [4.78, 5) is 38.6. The number of rotatable bonds is 5. The molecule has 0 atom stereocenters. The lowest BCUT2D eigenvalue weighted by Crippen LogP contribution is -2.08. The van der Waals surface area contributed by atoms with Crippen molar-refractivity contribution >= 4 is 29.6 Å². The maximum atomic E-state index is 12.2. The number of ether oxygens (including phenoxy) is 2. The molecule has 8 heteroatoms. The molecule has 0 bridgehead atoms. The van der Waals surface area contributed by atoms with Crippen LogP contribution in [0.3, 0.4) is 0 Å². The summed E-state index contributed by atoms with van der Waals surface area (Å²) in [6, 6.07) is 20.7. The van der Waals surface area contributed by atoms with Crippen molar-refractivity contribution in [3.8, 4) is 5.75 Å². The summed E-state index contributed by atoms with van der Waals surface area (Å²) in [7, 11) is 0. The third-order valence-corrected chi connectivity index (χ3v) is 4.35. The number of benzene rings is 3. The number of carbonyl (C=O) groups excluding carboxylic acids is 2. The first kappa shape index (κ1) is 19.7. The van der Waals surface area contributed by atoms with Gasteiger partial charge in [-0.3, -0.25) is 10.1 Å². The lowest BCUT2D eigenvalue weighted by molar-refractivity contribution is -0.384. The van der Waals surface area contributed by atoms with Crippen LogP contribution in [0.5, 0.6) is 5.75 Å². The summed E-state index contributed by atoms with van der Waals surface area (Å²) in [6.45, 7) is 0. The molecule has 3 aromatic rings. The quantitative estimate of drug-likeness (QED) is 0.204. The van der Waals surface area contributed by atoms with Gasteiger partial charge in [0.15, 0.2) is 5.70 Å². The van der Waals surface area contributed by atoms with Crippen molar-refractivity contribution in [3.05, 3.63) is 111 Å². The van der Waals surface area contributed by atoms with Crippen LogP contribution in [-0.2, 0) is 9.53 Å². The molecule has 31 heavy (non-hydrogen) atoms. The Balaban J connectivity index is 1.45. The van der Waals surface area contributed by atoms with Crippen LogP contribution in [0.1, 0.15) is 21.5 Å². The summed E-state index contributed by atoms with van der Waals surface area (Å²) < 4.78 is 10.5. The fourth-order valence-corrected chi connectivity index (χ4v) is 2.79. The number of hydrogen-bond donors (Lipinski definition) is 0. The van der Waals surface area contributed by atoms with Gasteiger partial charge in [0.1, 0.15) is 5.75 Å². The molecule has 1 heterocycles. The Morgan fingerprint density at radius 3 is 2.29 bits per heavy atom. The second kappa shape index (κ2) is 8.42. The molecule has 1 aliphatic heterocycles. The van der Waals surface area contributed by atoms with E-state index in [1.165, 1.54) is 24.3 Å². The molecule has 4 rings (SSSR count). The van der Waals surface area contributed by atoms with Gasteiger partial charge < -0.3 is 9.47 Å². The molecule has 3 aromatic carbocycles. The third-order valence-electron chi connectivity index (χ3n) is 4.35. The molecule has 0 unspecified atom stereocenters. The van der Waals surface area contributed by atoms with Crippen LogP contribution >= 0.6 is 0 Å². The van der Waals surface area contributed by atoms with Gasteiger partial charge in [0, 0.05) is 17.7 Å². The van der Waals surface area contributed by atoms with Gasteiger partial charge in [0.05, 0.1) is 10.5 Å². The van der Waals surface area contributed by atoms with Gasteiger partial charge in [-0.15, -0.1) is 0 Å². The number of hydrogen-bond acceptors (Lipinski definition) is 7. The van der Waals surface area contributed by atoms with Crippen LogP contribution in [0.15, 0.2) is 89.6 Å². The summed E-state index contributed by atoms with van der Waals surface area (Å²) in [5.41, 5.74) is 1.60. The van der Waals surface area contributed by atoms with Gasteiger partial charge in [-0.05, 0) is 48.0 Å². The molecular formula is C23H14N2O6. The number of non-ortho nitro benzene ring substituents is 1. The van der Waals surface area contributed by atoms with Crippen molar-refractivity contribution in [3.63, 3.8) is 0 Å². The van der Waals surface area contributed by atoms with E-state index in [2.05, 4.69) is 4.99 Å². The highest BCUT2D eigenvalue weighted by molar-refractivity contribution is 6.12. The van der Waals surface area contributed by atoms with Crippen molar-refractivity contribution in [2.24, 2.45) is 4.99 Å². The lowest BCUT2D eigenvalue weighted by Gasteiger charge is -2.04. The highest BCUT2D eigenvalue weighted by Crippen LogP contribution is 2.21. The Morgan fingerprint density at radius 1 is 0.968 bits per heavy atom. The van der Waals surface area contributed by atoms with Crippen molar-refractivity contribution in [2.75, 3.05) is 0 Å². The minimum Gasteiger partial charge on any atom is -0.423 e. The number of nitrogens with zero attached hydrogens (tertiary/aromatic N) is 2. The minimum atomic E-state index is -0.641. The van der Waals surface area contributed by atoms with E-state index in [-0.39, 0.29) is 28.6 Å². The van der Waals surface area contributed by atoms with Crippen molar-refractivity contribution in [1.82, 2.24) is 0 Å². The second-order valence-corrected chi connectivity index (χ2v) is 6.46. The average molecular weight is 414 g/mol. The van der Waals surface area contributed by atoms with Crippen molar-refractivity contribution in [1.29, 1.82) is 0 Å². The van der Waals surface area contributed by atoms with E-state index in [9.17, 15) is 19.7 Å². The maximum Gasteiger partial charge on any atom is 0.363 e. The molecule has 0 amide bonds. The lowest BCUT2D eigenvalue weighted by atomic mass is 10.2. The molecule has 0 saturated heterocycles. The molecule has 0 spiro atoms. The van der Waals surface area contributed by atoms with E-state index >= 15 is 0 Å². The fourth-order valence-electron chi connectivity index (χ4n) is 2.79. The van der Waals surface area contributed by atoms with E-state index in [4.69, 9.17) is 9.47 Å². The Hall–Kier alpha value is -4.59. The highest BCUT2D eigenvalue weighted by Gasteiger charge is 2.23. The van der Waals surface area contributed by atoms with Gasteiger partial charge >= 0.3 is 11.9 Å². The minimum absolute atomic E-state index is 0.113. The Labute approximate surface area is 176 Å². The molecule has 1 aliphatic rings. The zero-order valence-corrected chi connectivity index (χ0v) is 15.9. The number of cyclic esters (lactones) is 1. The van der Waals surface area contributed by atoms with E-state index in [1.54, 1.807) is 42.5 Å². The molecule has 0 saturated carbocycles. The summed E-state index contributed by atoms with van der Waals surface area (Å²) in [5.74, 6) is -0.663. The van der Waals surface area contributed by atoms with Crippen LogP contribution < -0.4 is 4.74 Å². The van der Waals surface area contributed by atoms with E-state index < -0.39 is 16.9 Å². The van der Waals surface area contributed by atoms with Crippen LogP contribution in [0.25, 0.3) is 6.08 Å². The van der Waals surface area contributed by atoms with Crippen LogP contribution in [0.4, 0.5) is 5.69 Å². The highest BCUT2D eigenvalue weighted by atomic mass is 16.6. The van der Waals surface area contributed by atoms with Crippen molar-refractivity contribution < 1.29 is 24.0 Å². The number of nitro groups is 1. The van der Waals surface area contributed by atoms with Crippen LogP contribution in [0.2, 0.25) is 0 Å². The standard InChI is InChI=1S/C23H14N2O6/c26-22(17-8-10-18(11-9-17)25(28)29)30-19-12-6-15(7-13-19)14-20-23(27)31-21(24-20)16-4-2-1-3-5-16/h1-14H/b20-14-. The molecule has 0 fully saturated rings. The van der Waals surface area contributed by atoms with E-state index in [0.717, 1.165) is 0 Å². The number of nitro benzene ring substituents is 1. The molecule has 8 nitrogen and oxygen atoms in total. The zero-order valence-electron chi connectivity index (χ0n) is 15.9. The summed E-state index contributed by atoms with van der Waals surface area (Å²) in [6.07, 6.45) is 1.57.